The predicted octanol–water partition coefficient (Wildman–Crippen LogP) is 6.59. The number of halogens is 4. The molecule has 3 fully saturated rings. The maximum atomic E-state index is 15.3. The molecule has 2 aliphatic carbocycles. The van der Waals surface area contributed by atoms with Crippen LogP contribution < -0.4 is 15.1 Å². The van der Waals surface area contributed by atoms with Crippen molar-refractivity contribution in [1.29, 1.82) is 5.26 Å². The third-order valence-electron chi connectivity index (χ3n) is 8.86. The first-order valence-corrected chi connectivity index (χ1v) is 15.7. The summed E-state index contributed by atoms with van der Waals surface area (Å²) < 4.78 is 43.2. The fourth-order valence-corrected chi connectivity index (χ4v) is 6.57. The molecule has 3 aliphatic rings. The number of aromatic nitrogens is 1. The molecule has 1 N–H and O–H groups in total. The first-order chi connectivity index (χ1) is 22.0. The van der Waals surface area contributed by atoms with E-state index in [0.717, 1.165) is 18.9 Å². The van der Waals surface area contributed by atoms with Gasteiger partial charge in [0.2, 0.25) is 17.7 Å². The molecule has 0 spiro atoms. The Kier molecular flexibility index (Phi) is 8.75. The summed E-state index contributed by atoms with van der Waals surface area (Å²) in [4.78, 5) is 49.0. The third kappa shape index (κ3) is 6.58. The normalized spacial score (nSPS) is 20.2. The maximum Gasteiger partial charge on any atom is 0.251 e. The van der Waals surface area contributed by atoms with Crippen LogP contribution in [0.25, 0.3) is 0 Å². The molecule has 1 aromatic heterocycles. The van der Waals surface area contributed by atoms with Crippen LogP contribution in [0.4, 0.5) is 24.7 Å². The molecular weight excluding hydrogens is 619 g/mol. The van der Waals surface area contributed by atoms with Crippen molar-refractivity contribution in [2.75, 3.05) is 9.80 Å². The molecule has 0 radical (unpaired) electrons. The number of nitriles is 1. The molecule has 12 heteroatoms. The number of amides is 3. The molecule has 2 aromatic carbocycles. The molecule has 8 nitrogen and oxygen atoms in total. The van der Waals surface area contributed by atoms with Crippen LogP contribution in [0.1, 0.15) is 80.0 Å². The third-order valence-corrected chi connectivity index (χ3v) is 9.20. The Morgan fingerprint density at radius 2 is 1.80 bits per heavy atom. The molecular formula is C34H31ClF3N5O3. The van der Waals surface area contributed by atoms with Gasteiger partial charge >= 0.3 is 0 Å². The van der Waals surface area contributed by atoms with Crippen LogP contribution >= 0.6 is 11.6 Å². The summed E-state index contributed by atoms with van der Waals surface area (Å²) in [5.74, 6) is -4.98. The summed E-state index contributed by atoms with van der Waals surface area (Å²) in [5, 5.41) is 12.5. The van der Waals surface area contributed by atoms with Crippen molar-refractivity contribution in [3.63, 3.8) is 0 Å². The smallest absolute Gasteiger partial charge is 0.251 e. The van der Waals surface area contributed by atoms with E-state index in [1.807, 2.05) is 6.07 Å². The van der Waals surface area contributed by atoms with Gasteiger partial charge in [-0.2, -0.15) is 5.26 Å². The quantitative estimate of drug-likeness (QED) is 0.297. The summed E-state index contributed by atoms with van der Waals surface area (Å²) in [6.45, 7) is 0. The molecule has 2 unspecified atom stereocenters. The summed E-state index contributed by atoms with van der Waals surface area (Å²) in [6.07, 6.45) is 2.44. The SMILES string of the molecule is N#Cc1ccnc(N2C(=O)CCC2C(=O)N(c2cc(F)cc(C3CC3)c2)C(C(=O)NC2CCC(F)(F)CC2)c2ccccc2Cl)c1. The van der Waals surface area contributed by atoms with Gasteiger partial charge in [0.15, 0.2) is 0 Å². The molecule has 238 valence electrons. The number of benzene rings is 2. The standard InChI is InChI=1S/C34H31ClF3N5O3/c35-27-4-2-1-3-26(27)31(32(45)41-24-9-12-34(37,38)13-10-24)42(25-17-22(21-5-6-21)16-23(36)18-25)33(46)28-7-8-30(44)43(28)29-15-20(19-39)11-14-40-29/h1-4,11,14-18,21,24,28,31H,5-10,12-13H2,(H,41,45). The van der Waals surface area contributed by atoms with Crippen molar-refractivity contribution in [3.8, 4) is 6.07 Å². The second kappa shape index (κ2) is 12.8. The summed E-state index contributed by atoms with van der Waals surface area (Å²) in [6, 6.07) is 12.4. The summed E-state index contributed by atoms with van der Waals surface area (Å²) in [5.41, 5.74) is 1.25. The molecule has 1 saturated heterocycles. The fourth-order valence-electron chi connectivity index (χ4n) is 6.34. The van der Waals surface area contributed by atoms with Crippen LogP contribution in [-0.2, 0) is 14.4 Å². The second-order valence-electron chi connectivity index (χ2n) is 12.1. The second-order valence-corrected chi connectivity index (χ2v) is 12.5. The lowest BCUT2D eigenvalue weighted by molar-refractivity contribution is -0.128. The number of nitrogens with zero attached hydrogens (tertiary/aromatic N) is 4. The van der Waals surface area contributed by atoms with Gasteiger partial charge in [0, 0.05) is 47.8 Å². The van der Waals surface area contributed by atoms with Crippen LogP contribution in [0.3, 0.4) is 0 Å². The highest BCUT2D eigenvalue weighted by molar-refractivity contribution is 6.31. The van der Waals surface area contributed by atoms with Gasteiger partial charge in [-0.1, -0.05) is 29.8 Å². The summed E-state index contributed by atoms with van der Waals surface area (Å²) in [7, 11) is 0. The average Bonchev–Trinajstić information content (AvgIpc) is 3.82. The minimum Gasteiger partial charge on any atom is -0.351 e. The molecule has 1 aliphatic heterocycles. The van der Waals surface area contributed by atoms with Gasteiger partial charge in [-0.25, -0.2) is 18.2 Å². The zero-order valence-electron chi connectivity index (χ0n) is 24.8. The van der Waals surface area contributed by atoms with E-state index in [9.17, 15) is 28.4 Å². The van der Waals surface area contributed by atoms with Gasteiger partial charge in [-0.05, 0) is 80.0 Å². The lowest BCUT2D eigenvalue weighted by atomic mass is 9.91. The van der Waals surface area contributed by atoms with E-state index < -0.39 is 47.6 Å². The average molecular weight is 650 g/mol. The minimum atomic E-state index is -2.82. The number of carbonyl (C=O) groups excluding carboxylic acids is 3. The van der Waals surface area contributed by atoms with Gasteiger partial charge in [-0.15, -0.1) is 0 Å². The fraction of sp³-hybridized carbons (Fsp3) is 0.382. The van der Waals surface area contributed by atoms with E-state index >= 15 is 4.39 Å². The van der Waals surface area contributed by atoms with Crippen molar-refractivity contribution in [1.82, 2.24) is 10.3 Å². The molecule has 2 saturated carbocycles. The predicted molar refractivity (Wildman–Crippen MR) is 165 cm³/mol. The zero-order chi connectivity index (χ0) is 32.6. The van der Waals surface area contributed by atoms with E-state index in [4.69, 9.17) is 11.6 Å². The maximum absolute atomic E-state index is 15.3. The van der Waals surface area contributed by atoms with Crippen LogP contribution in [0.5, 0.6) is 0 Å². The highest BCUT2D eigenvalue weighted by Gasteiger charge is 2.45. The van der Waals surface area contributed by atoms with Crippen LogP contribution in [0, 0.1) is 17.1 Å². The van der Waals surface area contributed by atoms with E-state index in [1.165, 1.54) is 34.2 Å². The van der Waals surface area contributed by atoms with Crippen LogP contribution in [0.2, 0.25) is 5.02 Å². The van der Waals surface area contributed by atoms with Crippen LogP contribution in [-0.4, -0.2) is 40.7 Å². The largest absolute Gasteiger partial charge is 0.351 e. The van der Waals surface area contributed by atoms with Gasteiger partial charge in [0.1, 0.15) is 23.7 Å². The van der Waals surface area contributed by atoms with Crippen molar-refractivity contribution in [2.24, 2.45) is 0 Å². The first kappa shape index (κ1) is 31.5. The minimum absolute atomic E-state index is 0.00156. The van der Waals surface area contributed by atoms with E-state index in [1.54, 1.807) is 30.3 Å². The molecule has 46 heavy (non-hydrogen) atoms. The van der Waals surface area contributed by atoms with Gasteiger partial charge in [0.25, 0.3) is 5.91 Å². The highest BCUT2D eigenvalue weighted by atomic mass is 35.5. The molecule has 3 amide bonds. The molecule has 3 aromatic rings. The Labute approximate surface area is 269 Å². The highest BCUT2D eigenvalue weighted by Crippen LogP contribution is 2.43. The molecule has 6 rings (SSSR count). The van der Waals surface area contributed by atoms with Crippen molar-refractivity contribution >= 4 is 40.8 Å². The van der Waals surface area contributed by atoms with Gasteiger partial charge in [-0.3, -0.25) is 24.2 Å². The monoisotopic (exact) mass is 649 g/mol. The Hall–Kier alpha value is -4.43. The first-order valence-electron chi connectivity index (χ1n) is 15.3. The number of hydrogen-bond acceptors (Lipinski definition) is 5. The Balaban J connectivity index is 1.46. The zero-order valence-corrected chi connectivity index (χ0v) is 25.5. The number of nitrogens with one attached hydrogen (secondary N) is 1. The Morgan fingerprint density at radius 1 is 1.07 bits per heavy atom. The van der Waals surface area contributed by atoms with Gasteiger partial charge in [0.05, 0.1) is 11.6 Å². The number of rotatable bonds is 8. The van der Waals surface area contributed by atoms with Crippen molar-refractivity contribution in [3.05, 3.63) is 88.3 Å². The number of anilines is 2. The van der Waals surface area contributed by atoms with Crippen LogP contribution in [0.15, 0.2) is 60.8 Å². The Bertz CT molecular complexity index is 1720. The van der Waals surface area contributed by atoms with E-state index in [-0.39, 0.29) is 72.1 Å². The summed E-state index contributed by atoms with van der Waals surface area (Å²) >= 11 is 6.65. The number of alkyl halides is 2. The van der Waals surface area contributed by atoms with E-state index in [2.05, 4.69) is 10.3 Å². The lowest BCUT2D eigenvalue weighted by Gasteiger charge is -2.37. The topological polar surface area (TPSA) is 106 Å². The number of hydrogen-bond donors (Lipinski definition) is 1. The van der Waals surface area contributed by atoms with Crippen molar-refractivity contribution < 1.29 is 27.6 Å². The van der Waals surface area contributed by atoms with E-state index in [0.29, 0.717) is 5.56 Å². The Morgan fingerprint density at radius 3 is 2.50 bits per heavy atom. The lowest BCUT2D eigenvalue weighted by Crippen LogP contribution is -2.53. The van der Waals surface area contributed by atoms with Gasteiger partial charge < -0.3 is 5.32 Å². The number of carbonyl (C=O) groups is 3. The molecule has 0 bridgehead atoms. The molecule has 2 heterocycles. The number of pyridine rings is 1. The molecule has 2 atom stereocenters. The van der Waals surface area contributed by atoms with Crippen molar-refractivity contribution in [2.45, 2.75) is 81.3 Å².